The highest BCUT2D eigenvalue weighted by Crippen LogP contribution is 2.38. The van der Waals surface area contributed by atoms with Crippen LogP contribution < -0.4 is 14.8 Å². The molecular formula is C15H21ClN2O2. The lowest BCUT2D eigenvalue weighted by atomic mass is 10.1. The van der Waals surface area contributed by atoms with Gasteiger partial charge in [0, 0.05) is 30.8 Å². The third-order valence-electron chi connectivity index (χ3n) is 4.42. The molecule has 4 nitrogen and oxygen atoms in total. The second-order valence-corrected chi connectivity index (χ2v) is 5.88. The van der Waals surface area contributed by atoms with Crippen molar-refractivity contribution in [3.63, 3.8) is 0 Å². The Labute approximate surface area is 125 Å². The molecule has 0 saturated carbocycles. The molecule has 5 heteroatoms. The largest absolute Gasteiger partial charge is 0.495 e. The van der Waals surface area contributed by atoms with Crippen LogP contribution in [0.4, 0.5) is 5.69 Å². The molecule has 110 valence electrons. The van der Waals surface area contributed by atoms with E-state index >= 15 is 0 Å². The molecule has 0 aromatic heterocycles. The van der Waals surface area contributed by atoms with Gasteiger partial charge in [-0.2, -0.15) is 0 Å². The summed E-state index contributed by atoms with van der Waals surface area (Å²) in [5, 5.41) is 4.20. The van der Waals surface area contributed by atoms with E-state index in [0.717, 1.165) is 11.4 Å². The van der Waals surface area contributed by atoms with Crippen molar-refractivity contribution in [2.45, 2.75) is 31.3 Å². The number of benzene rings is 1. The smallest absolute Gasteiger partial charge is 0.143 e. The van der Waals surface area contributed by atoms with E-state index in [-0.39, 0.29) is 0 Å². The topological polar surface area (TPSA) is 33.7 Å². The first-order valence-corrected chi connectivity index (χ1v) is 7.53. The molecule has 1 aromatic carbocycles. The first-order chi connectivity index (χ1) is 9.72. The van der Waals surface area contributed by atoms with Gasteiger partial charge in [-0.1, -0.05) is 11.6 Å². The van der Waals surface area contributed by atoms with Crippen LogP contribution in [0, 0.1) is 0 Å². The second-order valence-electron chi connectivity index (χ2n) is 5.47. The summed E-state index contributed by atoms with van der Waals surface area (Å²) in [6.45, 7) is 2.43. The van der Waals surface area contributed by atoms with Gasteiger partial charge in [-0.25, -0.2) is 0 Å². The predicted molar refractivity (Wildman–Crippen MR) is 81.2 cm³/mol. The number of hydrogen-bond donors (Lipinski definition) is 1. The van der Waals surface area contributed by atoms with Crippen LogP contribution in [-0.2, 0) is 0 Å². The van der Waals surface area contributed by atoms with Crippen molar-refractivity contribution in [1.29, 1.82) is 0 Å². The Morgan fingerprint density at radius 2 is 1.95 bits per heavy atom. The Hall–Kier alpha value is -1.13. The number of methoxy groups -OCH3 is 2. The Morgan fingerprint density at radius 3 is 2.70 bits per heavy atom. The van der Waals surface area contributed by atoms with Crippen LogP contribution in [0.25, 0.3) is 0 Å². The van der Waals surface area contributed by atoms with Crippen LogP contribution in [0.15, 0.2) is 12.1 Å². The fourth-order valence-electron chi connectivity index (χ4n) is 3.42. The fourth-order valence-corrected chi connectivity index (χ4v) is 3.65. The number of nitrogens with zero attached hydrogens (tertiary/aromatic N) is 1. The molecule has 2 fully saturated rings. The molecule has 0 spiro atoms. The van der Waals surface area contributed by atoms with Crippen LogP contribution >= 0.6 is 11.6 Å². The normalized spacial score (nSPS) is 25.6. The van der Waals surface area contributed by atoms with Crippen molar-refractivity contribution in [2.75, 3.05) is 32.6 Å². The van der Waals surface area contributed by atoms with Gasteiger partial charge in [0.15, 0.2) is 0 Å². The monoisotopic (exact) mass is 296 g/mol. The molecule has 2 atom stereocenters. The van der Waals surface area contributed by atoms with Gasteiger partial charge in [0.1, 0.15) is 11.5 Å². The zero-order chi connectivity index (χ0) is 14.1. The number of hydrogen-bond acceptors (Lipinski definition) is 4. The lowest BCUT2D eigenvalue weighted by Crippen LogP contribution is -2.33. The highest BCUT2D eigenvalue weighted by molar-refractivity contribution is 6.32. The molecule has 1 N–H and O–H groups in total. The lowest BCUT2D eigenvalue weighted by molar-refractivity contribution is 0.318. The van der Waals surface area contributed by atoms with Crippen molar-refractivity contribution in [2.24, 2.45) is 0 Å². The minimum absolute atomic E-state index is 0.484. The van der Waals surface area contributed by atoms with E-state index < -0.39 is 0 Å². The van der Waals surface area contributed by atoms with E-state index in [1.165, 1.54) is 32.4 Å². The van der Waals surface area contributed by atoms with Crippen molar-refractivity contribution < 1.29 is 9.47 Å². The number of rotatable bonds is 4. The molecule has 1 aromatic rings. The average Bonchev–Trinajstić information content (AvgIpc) is 3.05. The molecule has 2 aliphatic heterocycles. The van der Waals surface area contributed by atoms with Gasteiger partial charge in [-0.3, -0.25) is 4.90 Å². The summed E-state index contributed by atoms with van der Waals surface area (Å²) in [5.41, 5.74) is 0.965. The maximum Gasteiger partial charge on any atom is 0.143 e. The molecule has 0 radical (unpaired) electrons. The summed E-state index contributed by atoms with van der Waals surface area (Å²) < 4.78 is 10.7. The third-order valence-corrected chi connectivity index (χ3v) is 4.72. The molecule has 2 unspecified atom stereocenters. The molecule has 2 saturated heterocycles. The van der Waals surface area contributed by atoms with Crippen molar-refractivity contribution in [3.05, 3.63) is 17.2 Å². The van der Waals surface area contributed by atoms with Crippen LogP contribution in [0.2, 0.25) is 5.02 Å². The predicted octanol–water partition coefficient (Wildman–Crippen LogP) is 3.01. The van der Waals surface area contributed by atoms with E-state index in [2.05, 4.69) is 10.2 Å². The summed E-state index contributed by atoms with van der Waals surface area (Å²) >= 11 is 6.15. The van der Waals surface area contributed by atoms with Crippen LogP contribution in [0.1, 0.15) is 19.3 Å². The van der Waals surface area contributed by atoms with Gasteiger partial charge in [0.05, 0.1) is 24.9 Å². The van der Waals surface area contributed by atoms with E-state index in [9.17, 15) is 0 Å². The van der Waals surface area contributed by atoms with E-state index in [1.807, 2.05) is 12.1 Å². The molecule has 0 bridgehead atoms. The molecular weight excluding hydrogens is 276 g/mol. The minimum atomic E-state index is 0.484. The molecule has 0 aliphatic carbocycles. The Kier molecular flexibility index (Phi) is 3.94. The Morgan fingerprint density at radius 1 is 1.15 bits per heavy atom. The zero-order valence-corrected chi connectivity index (χ0v) is 12.7. The highest BCUT2D eigenvalue weighted by atomic mass is 35.5. The average molecular weight is 297 g/mol. The lowest BCUT2D eigenvalue weighted by Gasteiger charge is -2.23. The standard InChI is InChI=1S/C15H21ClN2O2/c1-19-14-9-12(15(20-2)8-10(14)16)17-11-5-7-18-6-3-4-13(11)18/h8-9,11,13,17H,3-7H2,1-2H3. The van der Waals surface area contributed by atoms with Gasteiger partial charge >= 0.3 is 0 Å². The first-order valence-electron chi connectivity index (χ1n) is 7.15. The van der Waals surface area contributed by atoms with Crippen LogP contribution in [-0.4, -0.2) is 44.3 Å². The van der Waals surface area contributed by atoms with Crippen molar-refractivity contribution >= 4 is 17.3 Å². The number of nitrogens with one attached hydrogen (secondary N) is 1. The van der Waals surface area contributed by atoms with Gasteiger partial charge in [-0.15, -0.1) is 0 Å². The first kappa shape index (κ1) is 13.8. The van der Waals surface area contributed by atoms with E-state index in [1.54, 1.807) is 14.2 Å². The van der Waals surface area contributed by atoms with Gasteiger partial charge in [0.2, 0.25) is 0 Å². The van der Waals surface area contributed by atoms with Crippen molar-refractivity contribution in [3.8, 4) is 11.5 Å². The Bertz CT molecular complexity index is 495. The summed E-state index contributed by atoms with van der Waals surface area (Å²) in [7, 11) is 3.30. The second kappa shape index (κ2) is 5.70. The summed E-state index contributed by atoms with van der Waals surface area (Å²) in [5.74, 6) is 1.45. The van der Waals surface area contributed by atoms with E-state index in [4.69, 9.17) is 21.1 Å². The van der Waals surface area contributed by atoms with Crippen LogP contribution in [0.5, 0.6) is 11.5 Å². The molecule has 3 rings (SSSR count). The molecule has 0 amide bonds. The van der Waals surface area contributed by atoms with Gasteiger partial charge in [-0.05, 0) is 25.8 Å². The molecule has 2 aliphatic rings. The van der Waals surface area contributed by atoms with E-state index in [0.29, 0.717) is 22.9 Å². The number of halogens is 1. The van der Waals surface area contributed by atoms with Gasteiger partial charge in [0.25, 0.3) is 0 Å². The fraction of sp³-hybridized carbons (Fsp3) is 0.600. The van der Waals surface area contributed by atoms with Crippen molar-refractivity contribution in [1.82, 2.24) is 4.90 Å². The third kappa shape index (κ3) is 2.42. The number of anilines is 1. The SMILES string of the molecule is COc1cc(NC2CCN3CCCC23)c(OC)cc1Cl. The van der Waals surface area contributed by atoms with Crippen LogP contribution in [0.3, 0.4) is 0 Å². The summed E-state index contributed by atoms with van der Waals surface area (Å²) in [4.78, 5) is 2.58. The maximum absolute atomic E-state index is 6.15. The maximum atomic E-state index is 6.15. The summed E-state index contributed by atoms with van der Waals surface area (Å²) in [6.07, 6.45) is 3.77. The minimum Gasteiger partial charge on any atom is -0.495 e. The van der Waals surface area contributed by atoms with Gasteiger partial charge < -0.3 is 14.8 Å². The highest BCUT2D eigenvalue weighted by Gasteiger charge is 2.37. The zero-order valence-electron chi connectivity index (χ0n) is 12.0. The number of fused-ring (bicyclic) bond motifs is 1. The molecule has 20 heavy (non-hydrogen) atoms. The Balaban J connectivity index is 1.82. The molecule has 2 heterocycles. The number of ether oxygens (including phenoxy) is 2. The summed E-state index contributed by atoms with van der Waals surface area (Å²) in [6, 6.07) is 4.88. The quantitative estimate of drug-likeness (QED) is 0.926.